The van der Waals surface area contributed by atoms with Crippen LogP contribution in [0.4, 0.5) is 5.69 Å². The number of carbonyl (C=O) groups is 1. The molecule has 0 aromatic heterocycles. The maximum absolute atomic E-state index is 10.4. The summed E-state index contributed by atoms with van der Waals surface area (Å²) in [5.41, 5.74) is 1.93. The van der Waals surface area contributed by atoms with E-state index in [1.165, 1.54) is 0 Å². The smallest absolute Gasteiger partial charge is 0.328 e. The predicted molar refractivity (Wildman–Crippen MR) is 71.7 cm³/mol. The Morgan fingerprint density at radius 2 is 2.29 bits per heavy atom. The third kappa shape index (κ3) is 4.49. The van der Waals surface area contributed by atoms with E-state index in [9.17, 15) is 4.79 Å². The van der Waals surface area contributed by atoms with Crippen molar-refractivity contribution in [3.05, 3.63) is 35.9 Å². The molecule has 0 bridgehead atoms. The van der Waals surface area contributed by atoms with Crippen LogP contribution in [0.2, 0.25) is 0 Å². The number of alkyl halides is 1. The van der Waals surface area contributed by atoms with Crippen LogP contribution in [0.1, 0.15) is 12.5 Å². The topological polar surface area (TPSA) is 40.5 Å². The summed E-state index contributed by atoms with van der Waals surface area (Å²) in [7, 11) is 0. The standard InChI is InChI=1S/C13H16ClNO2/c1-2-15(9-8-14)12-5-3-4-11(10-12)6-7-13(16)17/h3-7,10H,2,8-9H2,1H3,(H,16,17). The molecule has 0 amide bonds. The van der Waals surface area contributed by atoms with Crippen molar-refractivity contribution in [3.63, 3.8) is 0 Å². The van der Waals surface area contributed by atoms with Gasteiger partial charge in [-0.15, -0.1) is 11.6 Å². The molecule has 0 unspecified atom stereocenters. The molecule has 4 heteroatoms. The normalized spacial score (nSPS) is 10.7. The van der Waals surface area contributed by atoms with Gasteiger partial charge in [0, 0.05) is 30.7 Å². The fraction of sp³-hybridized carbons (Fsp3) is 0.308. The number of carboxylic acids is 1. The first-order valence-electron chi connectivity index (χ1n) is 5.49. The molecule has 0 saturated carbocycles. The zero-order chi connectivity index (χ0) is 12.7. The number of halogens is 1. The lowest BCUT2D eigenvalue weighted by molar-refractivity contribution is -0.131. The van der Waals surface area contributed by atoms with Crippen molar-refractivity contribution < 1.29 is 9.90 Å². The number of carboxylic acid groups (broad SMARTS) is 1. The van der Waals surface area contributed by atoms with Crippen LogP contribution in [0, 0.1) is 0 Å². The Kier molecular flexibility index (Phi) is 5.57. The zero-order valence-electron chi connectivity index (χ0n) is 9.77. The molecular weight excluding hydrogens is 238 g/mol. The average molecular weight is 254 g/mol. The molecule has 17 heavy (non-hydrogen) atoms. The van der Waals surface area contributed by atoms with Crippen LogP contribution in [0.5, 0.6) is 0 Å². The molecule has 1 N–H and O–H groups in total. The summed E-state index contributed by atoms with van der Waals surface area (Å²) in [6.45, 7) is 3.72. The number of hydrogen-bond donors (Lipinski definition) is 1. The highest BCUT2D eigenvalue weighted by molar-refractivity contribution is 6.18. The van der Waals surface area contributed by atoms with Crippen molar-refractivity contribution in [1.29, 1.82) is 0 Å². The van der Waals surface area contributed by atoms with Crippen LogP contribution < -0.4 is 4.90 Å². The van der Waals surface area contributed by atoms with Gasteiger partial charge >= 0.3 is 5.97 Å². The van der Waals surface area contributed by atoms with Gasteiger partial charge in [0.15, 0.2) is 0 Å². The highest BCUT2D eigenvalue weighted by Crippen LogP contribution is 2.17. The van der Waals surface area contributed by atoms with Crippen LogP contribution >= 0.6 is 11.6 Å². The van der Waals surface area contributed by atoms with E-state index in [0.717, 1.165) is 30.4 Å². The molecule has 3 nitrogen and oxygen atoms in total. The van der Waals surface area contributed by atoms with E-state index < -0.39 is 5.97 Å². The van der Waals surface area contributed by atoms with Crippen molar-refractivity contribution >= 4 is 29.3 Å². The van der Waals surface area contributed by atoms with Gasteiger partial charge in [0.1, 0.15) is 0 Å². The molecule has 0 atom stereocenters. The maximum atomic E-state index is 10.4. The van der Waals surface area contributed by atoms with Crippen LogP contribution in [-0.2, 0) is 4.79 Å². The Hall–Kier alpha value is -1.48. The molecule has 0 aliphatic carbocycles. The Bertz CT molecular complexity index is 404. The van der Waals surface area contributed by atoms with Crippen LogP contribution in [-0.4, -0.2) is 30.0 Å². The van der Waals surface area contributed by atoms with Gasteiger partial charge in [0.2, 0.25) is 0 Å². The van der Waals surface area contributed by atoms with Gasteiger partial charge in [-0.25, -0.2) is 4.79 Å². The van der Waals surface area contributed by atoms with Gasteiger partial charge in [-0.1, -0.05) is 12.1 Å². The van der Waals surface area contributed by atoms with Gasteiger partial charge in [-0.3, -0.25) is 0 Å². The number of benzene rings is 1. The third-order valence-corrected chi connectivity index (χ3v) is 2.56. The summed E-state index contributed by atoms with van der Waals surface area (Å²) in [6, 6.07) is 7.73. The van der Waals surface area contributed by atoms with Gasteiger partial charge in [-0.05, 0) is 30.7 Å². The molecule has 0 aliphatic rings. The molecule has 1 rings (SSSR count). The Morgan fingerprint density at radius 1 is 1.53 bits per heavy atom. The molecule has 1 aromatic rings. The summed E-state index contributed by atoms with van der Waals surface area (Å²) in [5, 5.41) is 8.57. The molecule has 92 valence electrons. The molecular formula is C13H16ClNO2. The maximum Gasteiger partial charge on any atom is 0.328 e. The van der Waals surface area contributed by atoms with Crippen molar-refractivity contribution in [1.82, 2.24) is 0 Å². The third-order valence-electron chi connectivity index (χ3n) is 2.39. The van der Waals surface area contributed by atoms with Crippen LogP contribution in [0.15, 0.2) is 30.3 Å². The van der Waals surface area contributed by atoms with Crippen molar-refractivity contribution in [2.24, 2.45) is 0 Å². The number of rotatable bonds is 6. The van der Waals surface area contributed by atoms with Crippen molar-refractivity contribution in [3.8, 4) is 0 Å². The van der Waals surface area contributed by atoms with E-state index in [0.29, 0.717) is 5.88 Å². The van der Waals surface area contributed by atoms with E-state index >= 15 is 0 Å². The minimum absolute atomic E-state index is 0.572. The lowest BCUT2D eigenvalue weighted by atomic mass is 10.1. The number of anilines is 1. The van der Waals surface area contributed by atoms with Gasteiger partial charge < -0.3 is 10.0 Å². The molecule has 0 spiro atoms. The average Bonchev–Trinajstić information content (AvgIpc) is 2.34. The predicted octanol–water partition coefficient (Wildman–Crippen LogP) is 2.85. The van der Waals surface area contributed by atoms with E-state index in [1.807, 2.05) is 24.3 Å². The summed E-state index contributed by atoms with van der Waals surface area (Å²) < 4.78 is 0. The monoisotopic (exact) mass is 253 g/mol. The van der Waals surface area contributed by atoms with Crippen molar-refractivity contribution in [2.45, 2.75) is 6.92 Å². The van der Waals surface area contributed by atoms with Gasteiger partial charge in [0.05, 0.1) is 0 Å². The van der Waals surface area contributed by atoms with Crippen LogP contribution in [0.3, 0.4) is 0 Å². The van der Waals surface area contributed by atoms with E-state index in [2.05, 4.69) is 11.8 Å². The zero-order valence-corrected chi connectivity index (χ0v) is 10.5. The first-order chi connectivity index (χ1) is 8.17. The molecule has 0 heterocycles. The highest BCUT2D eigenvalue weighted by atomic mass is 35.5. The SMILES string of the molecule is CCN(CCCl)c1cccc(C=CC(=O)O)c1. The Morgan fingerprint density at radius 3 is 2.88 bits per heavy atom. The molecule has 0 fully saturated rings. The summed E-state index contributed by atoms with van der Waals surface area (Å²) in [4.78, 5) is 12.6. The molecule has 0 aliphatic heterocycles. The van der Waals surface area contributed by atoms with E-state index in [1.54, 1.807) is 6.08 Å². The second-order valence-electron chi connectivity index (χ2n) is 3.54. The van der Waals surface area contributed by atoms with Gasteiger partial charge in [0.25, 0.3) is 0 Å². The molecule has 0 radical (unpaired) electrons. The number of aliphatic carboxylic acids is 1. The largest absolute Gasteiger partial charge is 0.478 e. The van der Waals surface area contributed by atoms with Crippen LogP contribution in [0.25, 0.3) is 6.08 Å². The highest BCUT2D eigenvalue weighted by Gasteiger charge is 2.03. The first-order valence-corrected chi connectivity index (χ1v) is 6.02. The second kappa shape index (κ2) is 6.97. The number of hydrogen-bond acceptors (Lipinski definition) is 2. The molecule has 1 aromatic carbocycles. The fourth-order valence-corrected chi connectivity index (χ4v) is 1.77. The summed E-state index contributed by atoms with van der Waals surface area (Å²) in [6.07, 6.45) is 2.72. The minimum atomic E-state index is -0.941. The Balaban J connectivity index is 2.87. The molecule has 0 saturated heterocycles. The Labute approximate surface area is 106 Å². The van der Waals surface area contributed by atoms with E-state index in [-0.39, 0.29) is 0 Å². The van der Waals surface area contributed by atoms with Crippen molar-refractivity contribution in [2.75, 3.05) is 23.9 Å². The summed E-state index contributed by atoms with van der Waals surface area (Å²) in [5.74, 6) is -0.369. The fourth-order valence-electron chi connectivity index (χ4n) is 1.56. The lowest BCUT2D eigenvalue weighted by Gasteiger charge is -2.22. The quantitative estimate of drug-likeness (QED) is 0.626. The second-order valence-corrected chi connectivity index (χ2v) is 3.91. The first kappa shape index (κ1) is 13.6. The van der Waals surface area contributed by atoms with E-state index in [4.69, 9.17) is 16.7 Å². The lowest BCUT2D eigenvalue weighted by Crippen LogP contribution is -2.24. The number of nitrogens with zero attached hydrogens (tertiary/aromatic N) is 1. The minimum Gasteiger partial charge on any atom is -0.478 e. The summed E-state index contributed by atoms with van der Waals surface area (Å²) >= 11 is 5.73. The van der Waals surface area contributed by atoms with Gasteiger partial charge in [-0.2, -0.15) is 0 Å².